The van der Waals surface area contributed by atoms with Crippen LogP contribution in [0.2, 0.25) is 0 Å². The highest BCUT2D eigenvalue weighted by molar-refractivity contribution is 5.92. The van der Waals surface area contributed by atoms with Gasteiger partial charge in [0.2, 0.25) is 0 Å². The summed E-state index contributed by atoms with van der Waals surface area (Å²) in [6, 6.07) is 3.72. The molecule has 0 aliphatic heterocycles. The Balaban J connectivity index is 1.79. The Hall–Kier alpha value is -3.54. The van der Waals surface area contributed by atoms with Crippen LogP contribution in [-0.2, 0) is 17.9 Å². The quantitative estimate of drug-likeness (QED) is 0.225. The summed E-state index contributed by atoms with van der Waals surface area (Å²) in [7, 11) is 1.44. The van der Waals surface area contributed by atoms with Crippen molar-refractivity contribution in [1.29, 1.82) is 0 Å². The van der Waals surface area contributed by atoms with E-state index in [0.717, 1.165) is 16.3 Å². The molecule has 0 bridgehead atoms. The number of aryl methyl sites for hydroxylation is 1. The summed E-state index contributed by atoms with van der Waals surface area (Å²) in [6.07, 6.45) is 3.06. The van der Waals surface area contributed by atoms with Crippen molar-refractivity contribution in [3.63, 3.8) is 0 Å². The number of hydrogen-bond acceptors (Lipinski definition) is 8. The standard InChI is InChI=1S/C18H26FN9O2/c1-12-3-4-13(7-23-12)8-24-18(30)16-11-28(26-25-16)9-14(19)5-6-27(21)10-15(20)17(29)22-2/h3-4,7,10-11,14H,5-6,8-9,20-21H2,1-2H3,(H,22,29)(H,24,30)/b15-10-. The molecule has 0 saturated heterocycles. The van der Waals surface area contributed by atoms with E-state index in [2.05, 4.69) is 25.9 Å². The zero-order valence-corrected chi connectivity index (χ0v) is 16.9. The number of hydrazine groups is 1. The van der Waals surface area contributed by atoms with E-state index >= 15 is 0 Å². The van der Waals surface area contributed by atoms with Crippen LogP contribution in [0.1, 0.15) is 28.2 Å². The summed E-state index contributed by atoms with van der Waals surface area (Å²) in [4.78, 5) is 27.6. The second-order valence-corrected chi connectivity index (χ2v) is 6.60. The normalized spacial score (nSPS) is 12.3. The molecule has 1 atom stereocenters. The molecular weight excluding hydrogens is 393 g/mol. The Kier molecular flexibility index (Phi) is 8.23. The monoisotopic (exact) mass is 419 g/mol. The number of pyridine rings is 1. The van der Waals surface area contributed by atoms with Gasteiger partial charge < -0.3 is 21.4 Å². The Morgan fingerprint density at radius 2 is 2.17 bits per heavy atom. The van der Waals surface area contributed by atoms with E-state index < -0.39 is 18.0 Å². The van der Waals surface area contributed by atoms with Crippen molar-refractivity contribution in [3.05, 3.63) is 53.4 Å². The average molecular weight is 419 g/mol. The lowest BCUT2D eigenvalue weighted by Gasteiger charge is -2.16. The lowest BCUT2D eigenvalue weighted by molar-refractivity contribution is -0.117. The predicted molar refractivity (Wildman–Crippen MR) is 107 cm³/mol. The fraction of sp³-hybridized carbons (Fsp3) is 0.389. The molecule has 2 aromatic rings. The number of amides is 2. The number of carbonyl (C=O) groups is 2. The van der Waals surface area contributed by atoms with Crippen molar-refractivity contribution in [3.8, 4) is 0 Å². The van der Waals surface area contributed by atoms with Crippen LogP contribution in [0.4, 0.5) is 4.39 Å². The Labute approximate surface area is 173 Å². The summed E-state index contributed by atoms with van der Waals surface area (Å²) in [5.74, 6) is 4.79. The van der Waals surface area contributed by atoms with Gasteiger partial charge in [-0.25, -0.2) is 14.9 Å². The van der Waals surface area contributed by atoms with Gasteiger partial charge in [-0.1, -0.05) is 11.3 Å². The van der Waals surface area contributed by atoms with Gasteiger partial charge in [0.25, 0.3) is 11.8 Å². The van der Waals surface area contributed by atoms with E-state index in [0.29, 0.717) is 6.54 Å². The minimum absolute atomic E-state index is 0.0653. The summed E-state index contributed by atoms with van der Waals surface area (Å²) in [6.45, 7) is 2.21. The first-order valence-electron chi connectivity index (χ1n) is 9.23. The predicted octanol–water partition coefficient (Wildman–Crippen LogP) is -0.638. The second-order valence-electron chi connectivity index (χ2n) is 6.60. The molecule has 2 amide bonds. The number of hydrogen-bond donors (Lipinski definition) is 4. The van der Waals surface area contributed by atoms with Gasteiger partial charge in [0.15, 0.2) is 5.69 Å². The molecular formula is C18H26FN9O2. The molecule has 6 N–H and O–H groups in total. The lowest BCUT2D eigenvalue weighted by Crippen LogP contribution is -2.33. The van der Waals surface area contributed by atoms with Gasteiger partial charge in [0.1, 0.15) is 11.9 Å². The maximum absolute atomic E-state index is 14.2. The summed E-state index contributed by atoms with van der Waals surface area (Å²) >= 11 is 0. The number of aromatic nitrogens is 4. The molecule has 12 heteroatoms. The van der Waals surface area contributed by atoms with E-state index in [1.54, 1.807) is 6.20 Å². The van der Waals surface area contributed by atoms with Crippen molar-refractivity contribution in [2.24, 2.45) is 11.6 Å². The lowest BCUT2D eigenvalue weighted by atomic mass is 10.2. The van der Waals surface area contributed by atoms with Crippen LogP contribution in [0.15, 0.2) is 36.4 Å². The first-order chi connectivity index (χ1) is 14.3. The van der Waals surface area contributed by atoms with Crippen LogP contribution in [-0.4, -0.2) is 56.6 Å². The smallest absolute Gasteiger partial charge is 0.273 e. The van der Waals surface area contributed by atoms with E-state index in [9.17, 15) is 14.0 Å². The summed E-state index contributed by atoms with van der Waals surface area (Å²) in [5.41, 5.74) is 7.27. The molecule has 0 aliphatic carbocycles. The molecule has 1 unspecified atom stereocenters. The number of rotatable bonds is 10. The molecule has 0 saturated carbocycles. The van der Waals surface area contributed by atoms with Crippen LogP contribution < -0.4 is 22.2 Å². The van der Waals surface area contributed by atoms with Gasteiger partial charge in [0.05, 0.1) is 12.7 Å². The summed E-state index contributed by atoms with van der Waals surface area (Å²) < 4.78 is 15.5. The van der Waals surface area contributed by atoms with Gasteiger partial charge in [-0.3, -0.25) is 14.6 Å². The molecule has 0 spiro atoms. The van der Waals surface area contributed by atoms with Crippen molar-refractivity contribution >= 4 is 11.8 Å². The maximum Gasteiger partial charge on any atom is 0.273 e. The average Bonchev–Trinajstić information content (AvgIpc) is 3.19. The van der Waals surface area contributed by atoms with Gasteiger partial charge in [-0.15, -0.1) is 5.10 Å². The molecule has 30 heavy (non-hydrogen) atoms. The summed E-state index contributed by atoms with van der Waals surface area (Å²) in [5, 5.41) is 13.8. The number of likely N-dealkylation sites (N-methyl/N-ethyl adjacent to an activating group) is 1. The molecule has 0 fully saturated rings. The third-order valence-corrected chi connectivity index (χ3v) is 4.08. The number of carbonyl (C=O) groups excluding carboxylic acids is 2. The topological polar surface area (TPSA) is 157 Å². The minimum atomic E-state index is -1.29. The largest absolute Gasteiger partial charge is 0.393 e. The van der Waals surface area contributed by atoms with Crippen LogP contribution in [0.5, 0.6) is 0 Å². The zero-order valence-electron chi connectivity index (χ0n) is 16.9. The van der Waals surface area contributed by atoms with Gasteiger partial charge in [-0.2, -0.15) is 0 Å². The third kappa shape index (κ3) is 7.13. The fourth-order valence-electron chi connectivity index (χ4n) is 2.40. The zero-order chi connectivity index (χ0) is 22.1. The molecule has 0 aromatic carbocycles. The van der Waals surface area contributed by atoms with Crippen molar-refractivity contribution in [2.75, 3.05) is 13.6 Å². The van der Waals surface area contributed by atoms with Crippen LogP contribution in [0.3, 0.4) is 0 Å². The third-order valence-electron chi connectivity index (χ3n) is 4.08. The van der Waals surface area contributed by atoms with Gasteiger partial charge in [0, 0.05) is 38.2 Å². The number of halogens is 1. The molecule has 2 rings (SSSR count). The van der Waals surface area contributed by atoms with Crippen molar-refractivity contribution < 1.29 is 14.0 Å². The molecule has 2 heterocycles. The first-order valence-corrected chi connectivity index (χ1v) is 9.23. The maximum atomic E-state index is 14.2. The van der Waals surface area contributed by atoms with Crippen LogP contribution in [0.25, 0.3) is 0 Å². The molecule has 11 nitrogen and oxygen atoms in total. The molecule has 0 aliphatic rings. The molecule has 162 valence electrons. The highest BCUT2D eigenvalue weighted by atomic mass is 19.1. The van der Waals surface area contributed by atoms with Gasteiger partial charge in [-0.05, 0) is 25.0 Å². The highest BCUT2D eigenvalue weighted by Crippen LogP contribution is 2.05. The Morgan fingerprint density at radius 3 is 2.83 bits per heavy atom. The van der Waals surface area contributed by atoms with Crippen molar-refractivity contribution in [1.82, 2.24) is 35.6 Å². The van der Waals surface area contributed by atoms with E-state index in [1.165, 1.54) is 24.1 Å². The number of alkyl halides is 1. The molecule has 2 aromatic heterocycles. The number of nitrogens with zero attached hydrogens (tertiary/aromatic N) is 5. The molecule has 0 radical (unpaired) electrons. The first kappa shape index (κ1) is 22.7. The highest BCUT2D eigenvalue weighted by Gasteiger charge is 2.14. The van der Waals surface area contributed by atoms with Crippen molar-refractivity contribution in [2.45, 2.75) is 32.6 Å². The SMILES string of the molecule is CNC(=O)/C(N)=C/N(N)CCC(F)Cn1cc(C(=O)NCc2ccc(C)nc2)nn1. The number of nitrogens with one attached hydrogen (secondary N) is 2. The van der Waals surface area contributed by atoms with E-state index in [-0.39, 0.29) is 30.9 Å². The van der Waals surface area contributed by atoms with E-state index in [1.807, 2.05) is 19.1 Å². The van der Waals surface area contributed by atoms with Crippen LogP contribution in [0, 0.1) is 6.92 Å². The second kappa shape index (κ2) is 10.9. The van der Waals surface area contributed by atoms with E-state index in [4.69, 9.17) is 11.6 Å². The minimum Gasteiger partial charge on any atom is -0.393 e. The Bertz CT molecular complexity index is 882. The fourth-order valence-corrected chi connectivity index (χ4v) is 2.40. The Morgan fingerprint density at radius 1 is 1.40 bits per heavy atom. The van der Waals surface area contributed by atoms with Crippen LogP contribution >= 0.6 is 0 Å². The van der Waals surface area contributed by atoms with Gasteiger partial charge >= 0.3 is 0 Å². The number of nitrogens with two attached hydrogens (primary N) is 2.